The third-order valence-corrected chi connectivity index (χ3v) is 4.13. The fourth-order valence-corrected chi connectivity index (χ4v) is 2.81. The number of rotatable bonds is 5. The van der Waals surface area contributed by atoms with Gasteiger partial charge in [0.1, 0.15) is 11.5 Å². The molecule has 2 aromatic carbocycles. The molecule has 0 atom stereocenters. The van der Waals surface area contributed by atoms with Crippen molar-refractivity contribution in [2.24, 2.45) is 0 Å². The number of halogens is 5. The molecule has 0 N–H and O–H groups in total. The average Bonchev–Trinajstić information content (AvgIpc) is 2.60. The molecule has 2 aromatic rings. The van der Waals surface area contributed by atoms with Gasteiger partial charge < -0.3 is 8.37 Å². The summed E-state index contributed by atoms with van der Waals surface area (Å²) < 4.78 is 109. The minimum atomic E-state index is -5.21. The molecule has 0 unspecified atom stereocenters. The molecule has 6 nitrogen and oxygen atoms in total. The van der Waals surface area contributed by atoms with Crippen molar-refractivity contribution in [3.63, 3.8) is 0 Å². The topological polar surface area (TPSA) is 86.7 Å². The molecule has 2 rings (SSSR count). The lowest BCUT2D eigenvalue weighted by molar-refractivity contribution is -0.137. The van der Waals surface area contributed by atoms with E-state index >= 15 is 0 Å². The van der Waals surface area contributed by atoms with Crippen molar-refractivity contribution in [2.75, 3.05) is 0 Å². The fraction of sp³-hybridized carbons (Fsp3) is 0.368. The summed E-state index contributed by atoms with van der Waals surface area (Å²) in [6.45, 7) is 9.53. The van der Waals surface area contributed by atoms with E-state index in [2.05, 4.69) is 8.37 Å². The van der Waals surface area contributed by atoms with Crippen LogP contribution in [0.2, 0.25) is 0 Å². The van der Waals surface area contributed by atoms with Crippen molar-refractivity contribution in [2.45, 2.75) is 46.7 Å². The summed E-state index contributed by atoms with van der Waals surface area (Å²) >= 11 is 0. The van der Waals surface area contributed by atoms with Crippen LogP contribution in [0.1, 0.15) is 50.3 Å². The van der Waals surface area contributed by atoms with Crippen molar-refractivity contribution in [3.8, 4) is 11.5 Å². The standard InChI is InChI=1S/C10H13FO3S.C7H4F4O3S.C2H6/c1-7(2)9-5-4-8(3)6-10(9)14-15(11,12)13;8-7(9,10)5-1-3-6(4-2-5)14-15(11,12)13;1-2/h4-7H,1-3H3;1-4H;1-2H3. The zero-order valence-electron chi connectivity index (χ0n) is 17.8. The second-order valence-electron chi connectivity index (χ2n) is 6.17. The van der Waals surface area contributed by atoms with Gasteiger partial charge in [0.2, 0.25) is 0 Å². The highest BCUT2D eigenvalue weighted by Crippen LogP contribution is 2.30. The molecular formula is C19H23F5O6S2. The summed E-state index contributed by atoms with van der Waals surface area (Å²) in [4.78, 5) is 0. The zero-order valence-corrected chi connectivity index (χ0v) is 19.4. The number of aryl methyl sites for hydroxylation is 1. The van der Waals surface area contributed by atoms with Gasteiger partial charge in [-0.1, -0.05) is 47.6 Å². The Balaban J connectivity index is 0.000000557. The molecule has 0 saturated heterocycles. The van der Waals surface area contributed by atoms with Gasteiger partial charge in [-0.3, -0.25) is 0 Å². The second kappa shape index (κ2) is 12.0. The maximum atomic E-state index is 12.4. The van der Waals surface area contributed by atoms with Crippen molar-refractivity contribution in [1.29, 1.82) is 0 Å². The Labute approximate surface area is 184 Å². The normalized spacial score (nSPS) is 11.6. The SMILES string of the molecule is CC.Cc1ccc(C(C)C)c(OS(=O)(=O)F)c1.O=S(=O)(F)Oc1ccc(C(F)(F)F)cc1. The fourth-order valence-electron chi connectivity index (χ4n) is 2.11. The molecule has 13 heteroatoms. The molecule has 182 valence electrons. The molecule has 0 spiro atoms. The van der Waals surface area contributed by atoms with Crippen molar-refractivity contribution in [3.05, 3.63) is 59.2 Å². The van der Waals surface area contributed by atoms with Crippen LogP contribution >= 0.6 is 0 Å². The monoisotopic (exact) mass is 506 g/mol. The molecule has 0 amide bonds. The van der Waals surface area contributed by atoms with Crippen molar-refractivity contribution in [1.82, 2.24) is 0 Å². The highest BCUT2D eigenvalue weighted by molar-refractivity contribution is 7.82. The smallest absolute Gasteiger partial charge is 0.358 e. The summed E-state index contributed by atoms with van der Waals surface area (Å²) in [5, 5.41) is 0. The van der Waals surface area contributed by atoms with Crippen LogP contribution in [-0.2, 0) is 27.2 Å². The van der Waals surface area contributed by atoms with E-state index in [1.54, 1.807) is 13.0 Å². The van der Waals surface area contributed by atoms with Crippen LogP contribution in [0.15, 0.2) is 42.5 Å². The Kier molecular flexibility index (Phi) is 11.1. The van der Waals surface area contributed by atoms with Gasteiger partial charge >= 0.3 is 27.2 Å². The zero-order chi connectivity index (χ0) is 25.3. The largest absolute Gasteiger partial charge is 0.488 e. The van der Waals surface area contributed by atoms with Crippen LogP contribution in [-0.4, -0.2) is 16.8 Å². The lowest BCUT2D eigenvalue weighted by Crippen LogP contribution is -2.05. The highest BCUT2D eigenvalue weighted by atomic mass is 32.3. The van der Waals surface area contributed by atoms with Crippen LogP contribution in [0, 0.1) is 6.92 Å². The van der Waals surface area contributed by atoms with Crippen LogP contribution in [0.25, 0.3) is 0 Å². The Bertz CT molecular complexity index is 1060. The van der Waals surface area contributed by atoms with Crippen LogP contribution in [0.5, 0.6) is 11.5 Å². The number of alkyl halides is 3. The van der Waals surface area contributed by atoms with Gasteiger partial charge in [-0.05, 0) is 54.3 Å². The Hall–Kier alpha value is -2.41. The molecule has 0 heterocycles. The molecule has 0 saturated carbocycles. The van der Waals surface area contributed by atoms with Gasteiger partial charge in [0.15, 0.2) is 0 Å². The van der Waals surface area contributed by atoms with Gasteiger partial charge in [0.25, 0.3) is 0 Å². The first-order chi connectivity index (χ1) is 14.5. The molecule has 0 aromatic heterocycles. The average molecular weight is 507 g/mol. The summed E-state index contributed by atoms with van der Waals surface area (Å²) in [6, 6.07) is 7.65. The van der Waals surface area contributed by atoms with Gasteiger partial charge in [0, 0.05) is 0 Å². The van der Waals surface area contributed by atoms with Crippen LogP contribution in [0.4, 0.5) is 20.9 Å². The lowest BCUT2D eigenvalue weighted by Gasteiger charge is -2.11. The molecule has 32 heavy (non-hydrogen) atoms. The number of hydrogen-bond donors (Lipinski definition) is 0. The first-order valence-electron chi connectivity index (χ1n) is 9.04. The van der Waals surface area contributed by atoms with E-state index in [4.69, 9.17) is 0 Å². The highest BCUT2D eigenvalue weighted by Gasteiger charge is 2.30. The lowest BCUT2D eigenvalue weighted by atomic mass is 10.0. The Morgan fingerprint density at radius 3 is 1.66 bits per heavy atom. The maximum Gasteiger partial charge on any atom is 0.488 e. The van der Waals surface area contributed by atoms with E-state index in [1.165, 1.54) is 6.07 Å². The quantitative estimate of drug-likeness (QED) is 0.363. The first kappa shape index (κ1) is 29.6. The van der Waals surface area contributed by atoms with Gasteiger partial charge in [-0.15, -0.1) is 0 Å². The third kappa shape index (κ3) is 11.8. The summed E-state index contributed by atoms with van der Waals surface area (Å²) in [5.41, 5.74) is 0.506. The Morgan fingerprint density at radius 2 is 1.28 bits per heavy atom. The molecular weight excluding hydrogens is 483 g/mol. The predicted octanol–water partition coefficient (Wildman–Crippen LogP) is 6.04. The van der Waals surface area contributed by atoms with E-state index in [0.717, 1.165) is 5.56 Å². The summed E-state index contributed by atoms with van der Waals surface area (Å²) in [5.74, 6) is -0.389. The maximum absolute atomic E-state index is 12.4. The molecule has 0 aliphatic heterocycles. The second-order valence-corrected chi connectivity index (χ2v) is 8.08. The minimum absolute atomic E-state index is 0.0625. The summed E-state index contributed by atoms with van der Waals surface area (Å²) in [6.07, 6.45) is -4.53. The molecule has 0 fully saturated rings. The van der Waals surface area contributed by atoms with Crippen LogP contribution in [0.3, 0.4) is 0 Å². The Morgan fingerprint density at radius 1 is 0.812 bits per heavy atom. The molecule has 0 aliphatic rings. The third-order valence-electron chi connectivity index (χ3n) is 3.36. The first-order valence-corrected chi connectivity index (χ1v) is 11.7. The van der Waals surface area contributed by atoms with Gasteiger partial charge in [-0.2, -0.15) is 30.0 Å². The van der Waals surface area contributed by atoms with Gasteiger partial charge in [0.05, 0.1) is 5.56 Å². The number of benzene rings is 2. The van der Waals surface area contributed by atoms with E-state index < -0.39 is 38.5 Å². The van der Waals surface area contributed by atoms with E-state index in [0.29, 0.717) is 29.8 Å². The van der Waals surface area contributed by atoms with E-state index in [9.17, 15) is 37.8 Å². The predicted molar refractivity (Wildman–Crippen MR) is 109 cm³/mol. The number of hydrogen-bond acceptors (Lipinski definition) is 6. The van der Waals surface area contributed by atoms with Gasteiger partial charge in [-0.25, -0.2) is 0 Å². The van der Waals surface area contributed by atoms with E-state index in [-0.39, 0.29) is 11.7 Å². The minimum Gasteiger partial charge on any atom is -0.358 e. The molecule has 0 radical (unpaired) electrons. The summed E-state index contributed by atoms with van der Waals surface area (Å²) in [7, 11) is -10.2. The van der Waals surface area contributed by atoms with Crippen molar-refractivity contribution >= 4 is 21.0 Å². The molecule has 0 bridgehead atoms. The van der Waals surface area contributed by atoms with Crippen molar-refractivity contribution < 1.29 is 46.1 Å². The molecule has 0 aliphatic carbocycles. The van der Waals surface area contributed by atoms with E-state index in [1.807, 2.05) is 33.8 Å². The van der Waals surface area contributed by atoms with Crippen LogP contribution < -0.4 is 8.37 Å².